The van der Waals surface area contributed by atoms with Crippen molar-refractivity contribution in [1.29, 1.82) is 0 Å². The summed E-state index contributed by atoms with van der Waals surface area (Å²) >= 11 is 1.81. The molecule has 15 heavy (non-hydrogen) atoms. The number of thiazole rings is 1. The van der Waals surface area contributed by atoms with E-state index < -0.39 is 0 Å². The van der Waals surface area contributed by atoms with Gasteiger partial charge in [0.15, 0.2) is 0 Å². The molecule has 1 heterocycles. The Bertz CT molecular complexity index is 299. The van der Waals surface area contributed by atoms with Gasteiger partial charge in [0.25, 0.3) is 0 Å². The van der Waals surface area contributed by atoms with Crippen molar-refractivity contribution in [1.82, 2.24) is 10.3 Å². The first-order chi connectivity index (χ1) is 7.43. The standard InChI is InChI=1S/C12H18N2S/c1-2-4-10(3-1)14-11(9-5-6-9)12-13-7-8-15-12/h7-11,14H,1-6H2. The number of nitrogens with zero attached hydrogens (tertiary/aromatic N) is 1. The largest absolute Gasteiger partial charge is 0.305 e. The third kappa shape index (κ3) is 2.23. The highest BCUT2D eigenvalue weighted by molar-refractivity contribution is 7.09. The normalized spacial score (nSPS) is 24.5. The van der Waals surface area contributed by atoms with Gasteiger partial charge < -0.3 is 5.32 Å². The summed E-state index contributed by atoms with van der Waals surface area (Å²) in [4.78, 5) is 4.48. The Morgan fingerprint density at radius 1 is 1.27 bits per heavy atom. The van der Waals surface area contributed by atoms with E-state index in [0.717, 1.165) is 12.0 Å². The molecule has 1 aromatic heterocycles. The highest BCUT2D eigenvalue weighted by Crippen LogP contribution is 2.42. The van der Waals surface area contributed by atoms with Crippen molar-refractivity contribution in [2.75, 3.05) is 0 Å². The van der Waals surface area contributed by atoms with Crippen molar-refractivity contribution < 1.29 is 0 Å². The summed E-state index contributed by atoms with van der Waals surface area (Å²) in [6.45, 7) is 0. The first-order valence-electron chi connectivity index (χ1n) is 6.09. The fraction of sp³-hybridized carbons (Fsp3) is 0.750. The van der Waals surface area contributed by atoms with Crippen LogP contribution in [0.5, 0.6) is 0 Å². The number of rotatable bonds is 4. The van der Waals surface area contributed by atoms with E-state index >= 15 is 0 Å². The minimum Gasteiger partial charge on any atom is -0.305 e. The van der Waals surface area contributed by atoms with Crippen molar-refractivity contribution in [2.24, 2.45) is 5.92 Å². The maximum absolute atomic E-state index is 4.48. The van der Waals surface area contributed by atoms with E-state index in [1.165, 1.54) is 43.5 Å². The molecule has 0 saturated heterocycles. The molecule has 2 nitrogen and oxygen atoms in total. The molecule has 0 aromatic carbocycles. The fourth-order valence-electron chi connectivity index (χ4n) is 2.57. The maximum Gasteiger partial charge on any atom is 0.110 e. The van der Waals surface area contributed by atoms with Gasteiger partial charge >= 0.3 is 0 Å². The van der Waals surface area contributed by atoms with Gasteiger partial charge in [0, 0.05) is 17.6 Å². The lowest BCUT2D eigenvalue weighted by atomic mass is 10.1. The molecule has 0 spiro atoms. The predicted octanol–water partition coefficient (Wildman–Crippen LogP) is 3.13. The Balaban J connectivity index is 1.68. The van der Waals surface area contributed by atoms with Crippen molar-refractivity contribution in [3.63, 3.8) is 0 Å². The van der Waals surface area contributed by atoms with Crippen LogP contribution in [0.25, 0.3) is 0 Å². The summed E-state index contributed by atoms with van der Waals surface area (Å²) in [5, 5.41) is 7.24. The molecule has 82 valence electrons. The summed E-state index contributed by atoms with van der Waals surface area (Å²) in [6.07, 6.45) is 10.3. The minimum atomic E-state index is 0.563. The minimum absolute atomic E-state index is 0.563. The quantitative estimate of drug-likeness (QED) is 0.846. The molecule has 1 unspecified atom stereocenters. The second kappa shape index (κ2) is 4.22. The molecule has 2 aliphatic rings. The van der Waals surface area contributed by atoms with E-state index in [0.29, 0.717) is 6.04 Å². The molecule has 0 aliphatic heterocycles. The third-order valence-electron chi connectivity index (χ3n) is 3.58. The van der Waals surface area contributed by atoms with Crippen LogP contribution < -0.4 is 5.32 Å². The first-order valence-corrected chi connectivity index (χ1v) is 6.97. The number of aromatic nitrogens is 1. The Labute approximate surface area is 95.1 Å². The lowest BCUT2D eigenvalue weighted by Gasteiger charge is -2.20. The lowest BCUT2D eigenvalue weighted by molar-refractivity contribution is 0.405. The molecule has 1 aromatic rings. The molecular weight excluding hydrogens is 204 g/mol. The molecule has 1 N–H and O–H groups in total. The van der Waals surface area contributed by atoms with E-state index in [9.17, 15) is 0 Å². The molecule has 0 radical (unpaired) electrons. The lowest BCUT2D eigenvalue weighted by Crippen LogP contribution is -2.31. The van der Waals surface area contributed by atoms with Gasteiger partial charge in [-0.2, -0.15) is 0 Å². The van der Waals surface area contributed by atoms with Crippen molar-refractivity contribution in [3.05, 3.63) is 16.6 Å². The van der Waals surface area contributed by atoms with Gasteiger partial charge in [-0.1, -0.05) is 12.8 Å². The molecule has 3 rings (SSSR count). The van der Waals surface area contributed by atoms with Gasteiger partial charge in [-0.05, 0) is 31.6 Å². The van der Waals surface area contributed by atoms with Crippen LogP contribution in [-0.4, -0.2) is 11.0 Å². The molecule has 0 amide bonds. The number of hydrogen-bond acceptors (Lipinski definition) is 3. The third-order valence-corrected chi connectivity index (χ3v) is 4.44. The van der Waals surface area contributed by atoms with Gasteiger partial charge in [0.2, 0.25) is 0 Å². The summed E-state index contributed by atoms with van der Waals surface area (Å²) in [5.74, 6) is 0.872. The summed E-state index contributed by atoms with van der Waals surface area (Å²) in [7, 11) is 0. The van der Waals surface area contributed by atoms with Gasteiger partial charge in [-0.25, -0.2) is 4.98 Å². The van der Waals surface area contributed by atoms with Crippen LogP contribution in [-0.2, 0) is 0 Å². The smallest absolute Gasteiger partial charge is 0.110 e. The maximum atomic E-state index is 4.48. The van der Waals surface area contributed by atoms with Gasteiger partial charge in [0.1, 0.15) is 5.01 Å². The van der Waals surface area contributed by atoms with Crippen molar-refractivity contribution in [2.45, 2.75) is 50.6 Å². The van der Waals surface area contributed by atoms with Gasteiger partial charge in [-0.3, -0.25) is 0 Å². The highest BCUT2D eigenvalue weighted by atomic mass is 32.1. The molecule has 2 saturated carbocycles. The Morgan fingerprint density at radius 3 is 2.67 bits per heavy atom. The zero-order valence-electron chi connectivity index (χ0n) is 8.98. The Kier molecular flexibility index (Phi) is 2.76. The van der Waals surface area contributed by atoms with Crippen LogP contribution in [0, 0.1) is 5.92 Å². The van der Waals surface area contributed by atoms with E-state index in [1.54, 1.807) is 0 Å². The monoisotopic (exact) mass is 222 g/mol. The summed E-state index contributed by atoms with van der Waals surface area (Å²) in [5.41, 5.74) is 0. The first kappa shape index (κ1) is 9.79. The molecule has 1 atom stereocenters. The molecule has 0 bridgehead atoms. The van der Waals surface area contributed by atoms with Crippen molar-refractivity contribution in [3.8, 4) is 0 Å². The van der Waals surface area contributed by atoms with Crippen molar-refractivity contribution >= 4 is 11.3 Å². The second-order valence-corrected chi connectivity index (χ2v) is 5.76. The van der Waals surface area contributed by atoms with Crippen LogP contribution in [0.4, 0.5) is 0 Å². The highest BCUT2D eigenvalue weighted by Gasteiger charge is 2.35. The molecule has 3 heteroatoms. The van der Waals surface area contributed by atoms with E-state index in [2.05, 4.69) is 15.7 Å². The van der Waals surface area contributed by atoms with Crippen LogP contribution in [0.3, 0.4) is 0 Å². The topological polar surface area (TPSA) is 24.9 Å². The Hall–Kier alpha value is -0.410. The fourth-order valence-corrected chi connectivity index (χ4v) is 3.36. The van der Waals surface area contributed by atoms with E-state index in [-0.39, 0.29) is 0 Å². The van der Waals surface area contributed by atoms with Crippen LogP contribution in [0.2, 0.25) is 0 Å². The molecule has 2 aliphatic carbocycles. The Morgan fingerprint density at radius 2 is 2.07 bits per heavy atom. The average molecular weight is 222 g/mol. The summed E-state index contributed by atoms with van der Waals surface area (Å²) < 4.78 is 0. The van der Waals surface area contributed by atoms with Gasteiger partial charge in [-0.15, -0.1) is 11.3 Å². The summed E-state index contributed by atoms with van der Waals surface area (Å²) in [6, 6.07) is 1.33. The van der Waals surface area contributed by atoms with Crippen LogP contribution >= 0.6 is 11.3 Å². The molecular formula is C12H18N2S. The number of nitrogens with one attached hydrogen (secondary N) is 1. The second-order valence-electron chi connectivity index (χ2n) is 4.83. The van der Waals surface area contributed by atoms with E-state index in [4.69, 9.17) is 0 Å². The van der Waals surface area contributed by atoms with Crippen LogP contribution in [0.15, 0.2) is 11.6 Å². The SMILES string of the molecule is c1csc(C(NC2CCCC2)C2CC2)n1. The zero-order chi connectivity index (χ0) is 10.1. The van der Waals surface area contributed by atoms with Gasteiger partial charge in [0.05, 0.1) is 6.04 Å². The number of hydrogen-bond donors (Lipinski definition) is 1. The zero-order valence-corrected chi connectivity index (χ0v) is 9.80. The molecule has 2 fully saturated rings. The predicted molar refractivity (Wildman–Crippen MR) is 63.0 cm³/mol. The van der Waals surface area contributed by atoms with Crippen LogP contribution in [0.1, 0.15) is 49.6 Å². The van der Waals surface area contributed by atoms with E-state index in [1.807, 2.05) is 17.5 Å². The average Bonchev–Trinajstić information content (AvgIpc) is 2.78.